The summed E-state index contributed by atoms with van der Waals surface area (Å²) in [6.07, 6.45) is 2.05. The average Bonchev–Trinajstić information content (AvgIpc) is 2.27. The summed E-state index contributed by atoms with van der Waals surface area (Å²) in [5, 5.41) is 3.35. The Balaban J connectivity index is 2.48. The molecule has 4 nitrogen and oxygen atoms in total. The third kappa shape index (κ3) is 1.95. The summed E-state index contributed by atoms with van der Waals surface area (Å²) in [4.78, 5) is 11.1. The van der Waals surface area contributed by atoms with Gasteiger partial charge >= 0.3 is 0 Å². The second-order valence-electron chi connectivity index (χ2n) is 4.07. The predicted octanol–water partition coefficient (Wildman–Crippen LogP) is 0.751. The molecule has 15 heavy (non-hydrogen) atoms. The van der Waals surface area contributed by atoms with Crippen LogP contribution in [0.15, 0.2) is 0 Å². The first kappa shape index (κ1) is 10.4. The lowest BCUT2D eigenvalue weighted by molar-refractivity contribution is 0.615. The molecular weight excluding hydrogens is 188 g/mol. The molecule has 0 radical (unpaired) electrons. The smallest absolute Gasteiger partial charge is 0.225 e. The van der Waals surface area contributed by atoms with Crippen molar-refractivity contribution in [3.8, 4) is 0 Å². The van der Waals surface area contributed by atoms with E-state index in [1.165, 1.54) is 17.0 Å². The minimum absolute atomic E-state index is 0.828. The van der Waals surface area contributed by atoms with E-state index in [0.717, 1.165) is 31.9 Å². The van der Waals surface area contributed by atoms with Gasteiger partial charge in [0.15, 0.2) is 0 Å². The van der Waals surface area contributed by atoms with E-state index in [1.54, 1.807) is 0 Å². The number of hydrogen-bond acceptors (Lipinski definition) is 4. The van der Waals surface area contributed by atoms with Gasteiger partial charge in [-0.1, -0.05) is 6.92 Å². The molecule has 1 N–H and O–H groups in total. The van der Waals surface area contributed by atoms with Crippen molar-refractivity contribution in [3.63, 3.8) is 0 Å². The highest BCUT2D eigenvalue weighted by atomic mass is 15.2. The standard InChI is InChI=1S/C11H18N4/c1-4-9-8-5-6-12-7-10(8)14-11(13-9)15(2)3/h12H,4-7H2,1-3H3. The molecule has 2 heterocycles. The molecule has 0 aliphatic carbocycles. The zero-order chi connectivity index (χ0) is 10.8. The van der Waals surface area contributed by atoms with Crippen LogP contribution < -0.4 is 10.2 Å². The fourth-order valence-corrected chi connectivity index (χ4v) is 1.92. The van der Waals surface area contributed by atoms with Crippen LogP contribution in [0.2, 0.25) is 0 Å². The molecule has 0 unspecified atom stereocenters. The Morgan fingerprint density at radius 3 is 2.80 bits per heavy atom. The van der Waals surface area contributed by atoms with Gasteiger partial charge < -0.3 is 10.2 Å². The van der Waals surface area contributed by atoms with Gasteiger partial charge in [-0.25, -0.2) is 9.97 Å². The van der Waals surface area contributed by atoms with Gasteiger partial charge in [0.2, 0.25) is 5.95 Å². The van der Waals surface area contributed by atoms with E-state index < -0.39 is 0 Å². The molecular formula is C11H18N4. The molecule has 0 spiro atoms. The van der Waals surface area contributed by atoms with E-state index in [1.807, 2.05) is 19.0 Å². The molecule has 1 aromatic rings. The molecule has 0 fully saturated rings. The van der Waals surface area contributed by atoms with Crippen molar-refractivity contribution in [2.24, 2.45) is 0 Å². The van der Waals surface area contributed by atoms with Gasteiger partial charge in [0.05, 0.1) is 5.69 Å². The summed E-state index contributed by atoms with van der Waals surface area (Å²) in [5.74, 6) is 0.828. The quantitative estimate of drug-likeness (QED) is 0.775. The van der Waals surface area contributed by atoms with Crippen molar-refractivity contribution in [2.45, 2.75) is 26.3 Å². The Bertz CT molecular complexity index is 343. The number of hydrogen-bond donors (Lipinski definition) is 1. The van der Waals surface area contributed by atoms with Crippen LogP contribution in [0.1, 0.15) is 23.9 Å². The maximum Gasteiger partial charge on any atom is 0.225 e. The van der Waals surface area contributed by atoms with Crippen LogP contribution >= 0.6 is 0 Å². The molecule has 0 bridgehead atoms. The second-order valence-corrected chi connectivity index (χ2v) is 4.07. The molecule has 2 rings (SSSR count). The Morgan fingerprint density at radius 2 is 2.13 bits per heavy atom. The topological polar surface area (TPSA) is 41.1 Å². The van der Waals surface area contributed by atoms with Crippen LogP contribution in [-0.2, 0) is 19.4 Å². The van der Waals surface area contributed by atoms with Crippen molar-refractivity contribution in [1.29, 1.82) is 0 Å². The maximum absolute atomic E-state index is 4.59. The van der Waals surface area contributed by atoms with Gasteiger partial charge in [-0.3, -0.25) is 0 Å². The minimum atomic E-state index is 0.828. The SMILES string of the molecule is CCc1nc(N(C)C)nc2c1CCNC2. The number of fused-ring (bicyclic) bond motifs is 1. The predicted molar refractivity (Wildman–Crippen MR) is 61.1 cm³/mol. The maximum atomic E-state index is 4.59. The van der Waals surface area contributed by atoms with Crippen molar-refractivity contribution in [1.82, 2.24) is 15.3 Å². The number of anilines is 1. The largest absolute Gasteiger partial charge is 0.347 e. The van der Waals surface area contributed by atoms with E-state index in [2.05, 4.69) is 22.2 Å². The first-order valence-corrected chi connectivity index (χ1v) is 5.49. The minimum Gasteiger partial charge on any atom is -0.347 e. The van der Waals surface area contributed by atoms with Crippen LogP contribution in [0.5, 0.6) is 0 Å². The number of nitrogens with one attached hydrogen (secondary N) is 1. The number of nitrogens with zero attached hydrogens (tertiary/aromatic N) is 3. The summed E-state index contributed by atoms with van der Waals surface area (Å²) in [5.41, 5.74) is 3.75. The third-order valence-corrected chi connectivity index (χ3v) is 2.75. The van der Waals surface area contributed by atoms with Gasteiger partial charge in [-0.05, 0) is 24.9 Å². The van der Waals surface area contributed by atoms with Crippen molar-refractivity contribution < 1.29 is 0 Å². The van der Waals surface area contributed by atoms with Gasteiger partial charge in [0.25, 0.3) is 0 Å². The van der Waals surface area contributed by atoms with E-state index in [9.17, 15) is 0 Å². The second kappa shape index (κ2) is 4.14. The van der Waals surface area contributed by atoms with Gasteiger partial charge in [-0.15, -0.1) is 0 Å². The summed E-state index contributed by atoms with van der Waals surface area (Å²) >= 11 is 0. The van der Waals surface area contributed by atoms with Crippen LogP contribution in [0.4, 0.5) is 5.95 Å². The Labute approximate surface area is 90.7 Å². The normalized spacial score (nSPS) is 14.9. The highest BCUT2D eigenvalue weighted by Gasteiger charge is 2.16. The van der Waals surface area contributed by atoms with Crippen molar-refractivity contribution in [2.75, 3.05) is 25.5 Å². The molecule has 0 saturated carbocycles. The molecule has 1 aliphatic rings. The fraction of sp³-hybridized carbons (Fsp3) is 0.636. The lowest BCUT2D eigenvalue weighted by atomic mass is 10.0. The van der Waals surface area contributed by atoms with Crippen LogP contribution in [-0.4, -0.2) is 30.6 Å². The lowest BCUT2D eigenvalue weighted by Gasteiger charge is -2.21. The van der Waals surface area contributed by atoms with Gasteiger partial charge in [0.1, 0.15) is 0 Å². The van der Waals surface area contributed by atoms with Crippen molar-refractivity contribution in [3.05, 3.63) is 17.0 Å². The first-order chi connectivity index (χ1) is 7.22. The Hall–Kier alpha value is -1.16. The number of aryl methyl sites for hydroxylation is 1. The van der Waals surface area contributed by atoms with E-state index in [4.69, 9.17) is 0 Å². The fourth-order valence-electron chi connectivity index (χ4n) is 1.92. The molecule has 82 valence electrons. The molecule has 0 atom stereocenters. The number of rotatable bonds is 2. The van der Waals surface area contributed by atoms with Crippen LogP contribution in [0, 0.1) is 0 Å². The monoisotopic (exact) mass is 206 g/mol. The molecule has 4 heteroatoms. The van der Waals surface area contributed by atoms with Crippen LogP contribution in [0.3, 0.4) is 0 Å². The average molecular weight is 206 g/mol. The molecule has 1 aromatic heterocycles. The summed E-state index contributed by atoms with van der Waals surface area (Å²) in [6.45, 7) is 4.08. The first-order valence-electron chi connectivity index (χ1n) is 5.49. The van der Waals surface area contributed by atoms with Gasteiger partial charge in [0, 0.05) is 26.3 Å². The summed E-state index contributed by atoms with van der Waals surface area (Å²) in [6, 6.07) is 0. The zero-order valence-corrected chi connectivity index (χ0v) is 9.67. The number of aromatic nitrogens is 2. The molecule has 1 aliphatic heterocycles. The highest BCUT2D eigenvalue weighted by Crippen LogP contribution is 2.18. The zero-order valence-electron chi connectivity index (χ0n) is 9.67. The van der Waals surface area contributed by atoms with E-state index in [0.29, 0.717) is 0 Å². The molecule has 0 amide bonds. The summed E-state index contributed by atoms with van der Waals surface area (Å²) < 4.78 is 0. The molecule has 0 saturated heterocycles. The molecule has 0 aromatic carbocycles. The van der Waals surface area contributed by atoms with Crippen molar-refractivity contribution >= 4 is 5.95 Å². The third-order valence-electron chi connectivity index (χ3n) is 2.75. The van der Waals surface area contributed by atoms with E-state index in [-0.39, 0.29) is 0 Å². The Kier molecular flexibility index (Phi) is 2.86. The lowest BCUT2D eigenvalue weighted by Crippen LogP contribution is -2.28. The van der Waals surface area contributed by atoms with Crippen LogP contribution in [0.25, 0.3) is 0 Å². The Morgan fingerprint density at radius 1 is 1.33 bits per heavy atom. The summed E-state index contributed by atoms with van der Waals surface area (Å²) in [7, 11) is 3.97. The highest BCUT2D eigenvalue weighted by molar-refractivity contribution is 5.37. The van der Waals surface area contributed by atoms with E-state index >= 15 is 0 Å². The van der Waals surface area contributed by atoms with Gasteiger partial charge in [-0.2, -0.15) is 0 Å².